The van der Waals surface area contributed by atoms with E-state index in [0.717, 1.165) is 25.7 Å². The Bertz CT molecular complexity index is 640. The zero-order valence-electron chi connectivity index (χ0n) is 20.8. The van der Waals surface area contributed by atoms with Crippen molar-refractivity contribution in [2.75, 3.05) is 33.0 Å². The van der Waals surface area contributed by atoms with Crippen LogP contribution in [0.25, 0.3) is 0 Å². The van der Waals surface area contributed by atoms with Gasteiger partial charge in [-0.25, -0.2) is 0 Å². The highest BCUT2D eigenvalue weighted by atomic mass is 31.2. The van der Waals surface area contributed by atoms with Crippen LogP contribution in [0.15, 0.2) is 0 Å². The molecule has 11 heteroatoms. The highest BCUT2D eigenvalue weighted by Gasteiger charge is 2.68. The van der Waals surface area contributed by atoms with Crippen LogP contribution in [0.4, 0.5) is 8.78 Å². The standard InChI is InChI=1S/C22H41F2O8P/c1-7-11-13-26-16-21(15-22(23,24)33(25,28-9-3)29-10-4)18(27-14-12-8-2)17-19(32-21)31-20(5,6)30-17/h17-19H,7-16H2,1-6H3/t17-,18?,19-,21+/m0/s1. The normalized spacial score (nSPS) is 29.5. The molecule has 4 atom stereocenters. The highest BCUT2D eigenvalue weighted by Crippen LogP contribution is 2.65. The summed E-state index contributed by atoms with van der Waals surface area (Å²) in [5, 5.41) is 0. The fraction of sp³-hybridized carbons (Fsp3) is 1.00. The molecule has 2 fully saturated rings. The fourth-order valence-electron chi connectivity index (χ4n) is 4.08. The molecule has 0 saturated carbocycles. The third kappa shape index (κ3) is 6.94. The summed E-state index contributed by atoms with van der Waals surface area (Å²) in [5.74, 6) is -0.953. The van der Waals surface area contributed by atoms with E-state index in [4.69, 9.17) is 32.7 Å². The van der Waals surface area contributed by atoms with Gasteiger partial charge in [0.2, 0.25) is 0 Å². The van der Waals surface area contributed by atoms with Crippen molar-refractivity contribution in [1.29, 1.82) is 0 Å². The lowest BCUT2D eigenvalue weighted by Crippen LogP contribution is -2.53. The first-order valence-corrected chi connectivity index (χ1v) is 13.5. The SMILES string of the molecule is CCCCOC[C@@]1(CC(F)(F)P(=O)(OCC)OCC)O[C@@H]2OC(C)(C)O[C@H]2C1OCCCC. The van der Waals surface area contributed by atoms with Crippen LogP contribution in [0, 0.1) is 0 Å². The third-order valence-corrected chi connectivity index (χ3v) is 7.71. The maximum atomic E-state index is 15.6. The van der Waals surface area contributed by atoms with Gasteiger partial charge in [-0.15, -0.1) is 0 Å². The molecule has 2 aliphatic rings. The second-order valence-electron chi connectivity index (χ2n) is 8.88. The number of rotatable bonds is 16. The van der Waals surface area contributed by atoms with Crippen molar-refractivity contribution in [1.82, 2.24) is 0 Å². The zero-order chi connectivity index (χ0) is 24.8. The molecular weight excluding hydrogens is 461 g/mol. The quantitative estimate of drug-likeness (QED) is 0.203. The summed E-state index contributed by atoms with van der Waals surface area (Å²) in [6.07, 6.45) is -0.313. The van der Waals surface area contributed by atoms with Crippen LogP contribution in [0.3, 0.4) is 0 Å². The van der Waals surface area contributed by atoms with E-state index < -0.39 is 49.6 Å². The van der Waals surface area contributed by atoms with Gasteiger partial charge in [0.15, 0.2) is 12.1 Å². The summed E-state index contributed by atoms with van der Waals surface area (Å²) < 4.78 is 84.1. The summed E-state index contributed by atoms with van der Waals surface area (Å²) in [4.78, 5) is 0. The number of alkyl halides is 2. The summed E-state index contributed by atoms with van der Waals surface area (Å²) in [5.41, 5.74) is -5.52. The van der Waals surface area contributed by atoms with Crippen LogP contribution in [0.2, 0.25) is 0 Å². The number of hydrogen-bond acceptors (Lipinski definition) is 8. The highest BCUT2D eigenvalue weighted by molar-refractivity contribution is 7.55. The summed E-state index contributed by atoms with van der Waals surface area (Å²) in [7, 11) is -4.78. The fourth-order valence-corrected chi connectivity index (χ4v) is 5.67. The minimum atomic E-state index is -4.78. The minimum absolute atomic E-state index is 0.185. The molecule has 2 rings (SSSR count). The predicted molar refractivity (Wildman–Crippen MR) is 118 cm³/mol. The summed E-state index contributed by atoms with van der Waals surface area (Å²) in [6, 6.07) is 0. The van der Waals surface area contributed by atoms with E-state index in [0.29, 0.717) is 13.2 Å². The van der Waals surface area contributed by atoms with Gasteiger partial charge < -0.3 is 32.7 Å². The van der Waals surface area contributed by atoms with Crippen LogP contribution in [-0.2, 0) is 37.3 Å². The third-order valence-electron chi connectivity index (χ3n) is 5.55. The van der Waals surface area contributed by atoms with Crippen LogP contribution < -0.4 is 0 Å². The second kappa shape index (κ2) is 12.2. The first-order chi connectivity index (χ1) is 15.5. The first kappa shape index (κ1) is 29.0. The Kier molecular flexibility index (Phi) is 10.7. The molecule has 0 radical (unpaired) electrons. The number of halogens is 2. The van der Waals surface area contributed by atoms with Gasteiger partial charge in [0.1, 0.15) is 17.8 Å². The van der Waals surface area contributed by atoms with Crippen LogP contribution >= 0.6 is 7.60 Å². The van der Waals surface area contributed by atoms with Crippen molar-refractivity contribution < 1.29 is 46.1 Å². The predicted octanol–water partition coefficient (Wildman–Crippen LogP) is 5.48. The largest absolute Gasteiger partial charge is 0.399 e. The number of unbranched alkanes of at least 4 members (excludes halogenated alkanes) is 2. The van der Waals surface area contributed by atoms with Crippen molar-refractivity contribution in [3.8, 4) is 0 Å². The Morgan fingerprint density at radius 2 is 1.55 bits per heavy atom. The Balaban J connectivity index is 2.40. The van der Waals surface area contributed by atoms with Gasteiger partial charge in [-0.2, -0.15) is 8.78 Å². The Labute approximate surface area is 196 Å². The molecule has 0 spiro atoms. The maximum absolute atomic E-state index is 15.6. The molecule has 0 aromatic heterocycles. The summed E-state index contributed by atoms with van der Waals surface area (Å²) in [6.45, 7) is 10.6. The molecule has 0 bridgehead atoms. The molecule has 2 saturated heterocycles. The number of fused-ring (bicyclic) bond motifs is 1. The van der Waals surface area contributed by atoms with Crippen molar-refractivity contribution in [3.05, 3.63) is 0 Å². The topological polar surface area (TPSA) is 81.7 Å². The smallest absolute Gasteiger partial charge is 0.378 e. The monoisotopic (exact) mass is 502 g/mol. The molecule has 2 heterocycles. The van der Waals surface area contributed by atoms with Gasteiger partial charge in [-0.05, 0) is 40.5 Å². The van der Waals surface area contributed by atoms with Crippen LogP contribution in [-0.4, -0.2) is 68.6 Å². The molecule has 2 aliphatic heterocycles. The molecule has 196 valence electrons. The van der Waals surface area contributed by atoms with E-state index in [-0.39, 0.29) is 19.8 Å². The van der Waals surface area contributed by atoms with Gasteiger partial charge in [-0.1, -0.05) is 26.7 Å². The minimum Gasteiger partial charge on any atom is -0.378 e. The van der Waals surface area contributed by atoms with Crippen molar-refractivity contribution >= 4 is 7.60 Å². The zero-order valence-corrected chi connectivity index (χ0v) is 21.7. The van der Waals surface area contributed by atoms with Crippen molar-refractivity contribution in [2.24, 2.45) is 0 Å². The Hall–Kier alpha value is -0.190. The lowest BCUT2D eigenvalue weighted by Gasteiger charge is -2.39. The first-order valence-electron chi connectivity index (χ1n) is 12.0. The van der Waals surface area contributed by atoms with Gasteiger partial charge in [0.25, 0.3) is 0 Å². The maximum Gasteiger partial charge on any atom is 0.399 e. The van der Waals surface area contributed by atoms with Gasteiger partial charge in [0, 0.05) is 13.2 Å². The van der Waals surface area contributed by atoms with E-state index in [9.17, 15) is 4.57 Å². The number of ether oxygens (including phenoxy) is 5. The average Bonchev–Trinajstić information content (AvgIpc) is 3.14. The molecule has 0 aromatic rings. The van der Waals surface area contributed by atoms with E-state index in [1.165, 1.54) is 13.8 Å². The number of hydrogen-bond donors (Lipinski definition) is 0. The Morgan fingerprint density at radius 1 is 0.939 bits per heavy atom. The lowest BCUT2D eigenvalue weighted by molar-refractivity contribution is -0.262. The van der Waals surface area contributed by atoms with Crippen LogP contribution in [0.5, 0.6) is 0 Å². The molecule has 1 unspecified atom stereocenters. The van der Waals surface area contributed by atoms with Gasteiger partial charge in [-0.3, -0.25) is 4.57 Å². The molecular formula is C22H41F2O8P. The summed E-state index contributed by atoms with van der Waals surface area (Å²) >= 11 is 0. The molecule has 0 amide bonds. The average molecular weight is 503 g/mol. The van der Waals surface area contributed by atoms with Crippen molar-refractivity contribution in [3.63, 3.8) is 0 Å². The van der Waals surface area contributed by atoms with Gasteiger partial charge >= 0.3 is 13.3 Å². The second-order valence-corrected chi connectivity index (χ2v) is 11.0. The molecule has 0 aromatic carbocycles. The van der Waals surface area contributed by atoms with Gasteiger partial charge in [0.05, 0.1) is 26.2 Å². The van der Waals surface area contributed by atoms with E-state index in [1.54, 1.807) is 13.8 Å². The molecule has 8 nitrogen and oxygen atoms in total. The molecule has 0 N–H and O–H groups in total. The van der Waals surface area contributed by atoms with E-state index in [2.05, 4.69) is 0 Å². The van der Waals surface area contributed by atoms with E-state index >= 15 is 8.78 Å². The van der Waals surface area contributed by atoms with Crippen molar-refractivity contribution in [2.45, 2.75) is 109 Å². The van der Waals surface area contributed by atoms with E-state index in [1.807, 2.05) is 13.8 Å². The molecule has 0 aliphatic carbocycles. The molecule has 33 heavy (non-hydrogen) atoms. The lowest BCUT2D eigenvalue weighted by atomic mass is 9.92. The Morgan fingerprint density at radius 3 is 2.12 bits per heavy atom. The van der Waals surface area contributed by atoms with Crippen LogP contribution in [0.1, 0.15) is 73.6 Å².